The Balaban J connectivity index is 1.51. The van der Waals surface area contributed by atoms with Gasteiger partial charge in [-0.1, -0.05) is 13.8 Å². The molecule has 4 N–H and O–H groups in total. The predicted molar refractivity (Wildman–Crippen MR) is 170 cm³/mol. The number of aromatic amines is 1. The average molecular weight is 619 g/mol. The first-order valence-electron chi connectivity index (χ1n) is 14.5. The summed E-state index contributed by atoms with van der Waals surface area (Å²) in [5.74, 6) is 0.541. The van der Waals surface area contributed by atoms with Crippen molar-refractivity contribution in [2.75, 3.05) is 44.1 Å². The summed E-state index contributed by atoms with van der Waals surface area (Å²) in [7, 11) is 3.26. The standard InChI is InChI=1S/C31H35FN8O5/c1-18(2)33-10-11-39(3)24-17-27(44-4)23(16-25(24)40(42)43)36-31-34-9-7-22(35-31)30-29(37-28(38-30)6-5-12-41)20-15-26-19(8-13-45-26)14-21(20)32/h7-9,13-18,33,41H,5-6,10-12H2,1-4H3,(H,37,38)(H,34,35,36). The maximum absolute atomic E-state index is 15.3. The Morgan fingerprint density at radius 2 is 2.04 bits per heavy atom. The molecule has 0 atom stereocenters. The lowest BCUT2D eigenvalue weighted by Crippen LogP contribution is -2.33. The van der Waals surface area contributed by atoms with Crippen molar-refractivity contribution in [2.24, 2.45) is 0 Å². The minimum atomic E-state index is -0.486. The van der Waals surface area contributed by atoms with Crippen LogP contribution >= 0.6 is 0 Å². The van der Waals surface area contributed by atoms with E-state index in [9.17, 15) is 15.2 Å². The minimum Gasteiger partial charge on any atom is -0.494 e. The number of anilines is 3. The Morgan fingerprint density at radius 3 is 2.78 bits per heavy atom. The van der Waals surface area contributed by atoms with E-state index in [1.807, 2.05) is 13.8 Å². The highest BCUT2D eigenvalue weighted by molar-refractivity contribution is 5.86. The van der Waals surface area contributed by atoms with Gasteiger partial charge in [0.05, 0.1) is 35.4 Å². The molecule has 3 aromatic heterocycles. The van der Waals surface area contributed by atoms with E-state index in [4.69, 9.17) is 9.15 Å². The van der Waals surface area contributed by atoms with Crippen LogP contribution in [0.25, 0.3) is 33.6 Å². The summed E-state index contributed by atoms with van der Waals surface area (Å²) in [6.07, 6.45) is 3.89. The smallest absolute Gasteiger partial charge is 0.294 e. The van der Waals surface area contributed by atoms with Gasteiger partial charge in [0.25, 0.3) is 5.69 Å². The van der Waals surface area contributed by atoms with Gasteiger partial charge in [-0.05, 0) is 30.7 Å². The number of aromatic nitrogens is 4. The SMILES string of the molecule is COc1cc(N(C)CCNC(C)C)c([N+](=O)[O-])cc1Nc1nccc(-c2[nH]c(CCCO)nc2-c2cc3occc3cc2F)n1. The number of imidazole rings is 1. The van der Waals surface area contributed by atoms with Crippen molar-refractivity contribution in [2.45, 2.75) is 32.7 Å². The Labute approximate surface area is 258 Å². The van der Waals surface area contributed by atoms with Crippen molar-refractivity contribution in [3.8, 4) is 28.4 Å². The monoisotopic (exact) mass is 618 g/mol. The van der Waals surface area contributed by atoms with Crippen molar-refractivity contribution < 1.29 is 23.6 Å². The van der Waals surface area contributed by atoms with Gasteiger partial charge in [-0.15, -0.1) is 0 Å². The molecule has 0 radical (unpaired) electrons. The summed E-state index contributed by atoms with van der Waals surface area (Å²) in [5, 5.41) is 28.4. The van der Waals surface area contributed by atoms with Gasteiger partial charge < -0.3 is 34.8 Å². The van der Waals surface area contributed by atoms with E-state index in [0.717, 1.165) is 0 Å². The lowest BCUT2D eigenvalue weighted by Gasteiger charge is -2.22. The molecule has 0 saturated carbocycles. The molecule has 236 valence electrons. The molecule has 3 heterocycles. The largest absolute Gasteiger partial charge is 0.494 e. The number of fused-ring (bicyclic) bond motifs is 1. The summed E-state index contributed by atoms with van der Waals surface area (Å²) < 4.78 is 26.4. The first-order valence-corrected chi connectivity index (χ1v) is 14.5. The summed E-state index contributed by atoms with van der Waals surface area (Å²) in [5.41, 5.74) is 2.44. The number of hydrogen-bond acceptors (Lipinski definition) is 11. The number of likely N-dealkylation sites (N-methyl/N-ethyl adjacent to an activating group) is 1. The molecule has 0 bridgehead atoms. The van der Waals surface area contributed by atoms with Gasteiger partial charge in [0, 0.05) is 68.5 Å². The van der Waals surface area contributed by atoms with E-state index in [1.54, 1.807) is 36.2 Å². The third kappa shape index (κ3) is 7.02. The van der Waals surface area contributed by atoms with E-state index < -0.39 is 10.7 Å². The highest BCUT2D eigenvalue weighted by atomic mass is 19.1. The minimum absolute atomic E-state index is 0.0307. The van der Waals surface area contributed by atoms with Crippen molar-refractivity contribution in [1.29, 1.82) is 0 Å². The van der Waals surface area contributed by atoms with Crippen molar-refractivity contribution in [1.82, 2.24) is 25.3 Å². The summed E-state index contributed by atoms with van der Waals surface area (Å²) in [6, 6.07) is 9.57. The maximum Gasteiger partial charge on any atom is 0.294 e. The molecule has 5 rings (SSSR count). The normalized spacial score (nSPS) is 11.4. The zero-order valence-corrected chi connectivity index (χ0v) is 25.4. The number of nitrogens with zero attached hydrogens (tertiary/aromatic N) is 5. The van der Waals surface area contributed by atoms with Crippen LogP contribution in [0.5, 0.6) is 5.75 Å². The molecular formula is C31H35FN8O5. The van der Waals surface area contributed by atoms with Crippen LogP contribution in [0.2, 0.25) is 0 Å². The molecule has 5 aromatic rings. The number of nitro groups is 1. The number of benzene rings is 2. The number of aliphatic hydroxyl groups excluding tert-OH is 1. The van der Waals surface area contributed by atoms with Crippen LogP contribution in [0.15, 0.2) is 53.3 Å². The quantitative estimate of drug-likeness (QED) is 0.0924. The van der Waals surface area contributed by atoms with E-state index in [2.05, 4.69) is 30.6 Å². The number of aliphatic hydroxyl groups is 1. The number of nitrogens with one attached hydrogen (secondary N) is 3. The molecule has 0 fully saturated rings. The van der Waals surface area contributed by atoms with Crippen LogP contribution in [0, 0.1) is 15.9 Å². The lowest BCUT2D eigenvalue weighted by atomic mass is 10.1. The molecular weight excluding hydrogens is 583 g/mol. The van der Waals surface area contributed by atoms with Crippen LogP contribution in [0.3, 0.4) is 0 Å². The second-order valence-electron chi connectivity index (χ2n) is 10.7. The first kappa shape index (κ1) is 31.3. The maximum atomic E-state index is 15.3. The van der Waals surface area contributed by atoms with E-state index in [-0.39, 0.29) is 29.8 Å². The third-order valence-corrected chi connectivity index (χ3v) is 7.18. The fourth-order valence-electron chi connectivity index (χ4n) is 4.93. The Bertz CT molecular complexity index is 1800. The van der Waals surface area contributed by atoms with Gasteiger partial charge in [-0.2, -0.15) is 0 Å². The van der Waals surface area contributed by atoms with Crippen molar-refractivity contribution in [3.63, 3.8) is 0 Å². The summed E-state index contributed by atoms with van der Waals surface area (Å²) in [4.78, 5) is 30.2. The molecule has 13 nitrogen and oxygen atoms in total. The molecule has 14 heteroatoms. The number of halogens is 1. The van der Waals surface area contributed by atoms with Gasteiger partial charge in [0.15, 0.2) is 0 Å². The molecule has 0 aliphatic rings. The highest BCUT2D eigenvalue weighted by Crippen LogP contribution is 2.39. The molecule has 2 aromatic carbocycles. The number of methoxy groups -OCH3 is 1. The average Bonchev–Trinajstić information content (AvgIpc) is 3.66. The number of H-pyrrole nitrogens is 1. The van der Waals surface area contributed by atoms with E-state index in [0.29, 0.717) is 76.9 Å². The number of aryl methyl sites for hydroxylation is 1. The van der Waals surface area contributed by atoms with Crippen LogP contribution in [0.4, 0.5) is 27.4 Å². The molecule has 0 saturated heterocycles. The zero-order valence-electron chi connectivity index (χ0n) is 25.4. The Morgan fingerprint density at radius 1 is 1.22 bits per heavy atom. The topological polar surface area (TPSA) is 167 Å². The van der Waals surface area contributed by atoms with Crippen molar-refractivity contribution >= 4 is 34.0 Å². The van der Waals surface area contributed by atoms with Gasteiger partial charge >= 0.3 is 0 Å². The summed E-state index contributed by atoms with van der Waals surface area (Å²) >= 11 is 0. The predicted octanol–water partition coefficient (Wildman–Crippen LogP) is 5.44. The number of rotatable bonds is 14. The van der Waals surface area contributed by atoms with Gasteiger partial charge in [0.1, 0.15) is 34.4 Å². The van der Waals surface area contributed by atoms with E-state index >= 15 is 4.39 Å². The van der Waals surface area contributed by atoms with Gasteiger partial charge in [-0.25, -0.2) is 19.3 Å². The van der Waals surface area contributed by atoms with Crippen LogP contribution in [0.1, 0.15) is 26.1 Å². The van der Waals surface area contributed by atoms with Crippen LogP contribution in [-0.4, -0.2) is 69.9 Å². The summed E-state index contributed by atoms with van der Waals surface area (Å²) in [6.45, 7) is 5.22. The molecule has 0 amide bonds. The number of furan rings is 1. The molecule has 0 aliphatic heterocycles. The molecule has 45 heavy (non-hydrogen) atoms. The fourth-order valence-corrected chi connectivity index (χ4v) is 4.93. The first-order chi connectivity index (χ1) is 21.7. The molecule has 0 spiro atoms. The Hall–Kier alpha value is -5.08. The zero-order chi connectivity index (χ0) is 32.1. The lowest BCUT2D eigenvalue weighted by molar-refractivity contribution is -0.384. The fraction of sp³-hybridized carbons (Fsp3) is 0.323. The third-order valence-electron chi connectivity index (χ3n) is 7.18. The number of nitro benzene ring substituents is 1. The second kappa shape index (κ2) is 13.7. The number of ether oxygens (including phenoxy) is 1. The van der Waals surface area contributed by atoms with Gasteiger partial charge in [-0.3, -0.25) is 10.1 Å². The Kier molecular flexibility index (Phi) is 9.54. The van der Waals surface area contributed by atoms with Gasteiger partial charge in [0.2, 0.25) is 5.95 Å². The second-order valence-corrected chi connectivity index (χ2v) is 10.7. The van der Waals surface area contributed by atoms with Crippen molar-refractivity contribution in [3.05, 3.63) is 70.6 Å². The van der Waals surface area contributed by atoms with E-state index in [1.165, 1.54) is 31.7 Å². The number of hydrogen-bond donors (Lipinski definition) is 4. The van der Waals surface area contributed by atoms with Crippen LogP contribution < -0.4 is 20.3 Å². The molecule has 0 unspecified atom stereocenters. The molecule has 0 aliphatic carbocycles. The van der Waals surface area contributed by atoms with Crippen LogP contribution in [-0.2, 0) is 6.42 Å². The highest BCUT2D eigenvalue weighted by Gasteiger charge is 2.24.